The predicted octanol–water partition coefficient (Wildman–Crippen LogP) is 2.36. The van der Waals surface area contributed by atoms with Crippen LogP contribution in [0.1, 0.15) is 5.69 Å². The fraction of sp³-hybridized carbons (Fsp3) is 0.0714. The summed E-state index contributed by atoms with van der Waals surface area (Å²) in [5, 5.41) is 4.37. The summed E-state index contributed by atoms with van der Waals surface area (Å²) in [6.07, 6.45) is 1.45. The minimum atomic E-state index is -0.312. The number of nitrogens with two attached hydrogens (primary N) is 1. The van der Waals surface area contributed by atoms with E-state index in [4.69, 9.17) is 5.73 Å². The summed E-state index contributed by atoms with van der Waals surface area (Å²) in [6, 6.07) is 9.68. The van der Waals surface area contributed by atoms with Crippen LogP contribution < -0.4 is 5.73 Å². The summed E-state index contributed by atoms with van der Waals surface area (Å²) in [4.78, 5) is 8.16. The molecular weight excluding hydrogens is 257 g/mol. The third kappa shape index (κ3) is 2.23. The normalized spacial score (nSPS) is 10.7. The summed E-state index contributed by atoms with van der Waals surface area (Å²) >= 11 is 0. The molecule has 100 valence electrons. The lowest BCUT2D eigenvalue weighted by Crippen LogP contribution is -2.04. The van der Waals surface area contributed by atoms with Crippen molar-refractivity contribution in [2.24, 2.45) is 0 Å². The maximum atomic E-state index is 13.2. The molecule has 0 fully saturated rings. The van der Waals surface area contributed by atoms with Crippen molar-refractivity contribution in [2.75, 3.05) is 5.73 Å². The van der Waals surface area contributed by atoms with E-state index in [1.54, 1.807) is 24.3 Å². The number of hydrogen-bond acceptors (Lipinski definition) is 4. The van der Waals surface area contributed by atoms with Crippen LogP contribution >= 0.6 is 0 Å². The first kappa shape index (κ1) is 12.3. The van der Waals surface area contributed by atoms with Gasteiger partial charge < -0.3 is 5.73 Å². The Morgan fingerprint density at radius 3 is 2.75 bits per heavy atom. The Balaban J connectivity index is 2.08. The van der Waals surface area contributed by atoms with E-state index >= 15 is 0 Å². The zero-order valence-corrected chi connectivity index (χ0v) is 10.8. The van der Waals surface area contributed by atoms with Crippen LogP contribution in [0, 0.1) is 12.7 Å². The van der Waals surface area contributed by atoms with Crippen molar-refractivity contribution in [1.29, 1.82) is 0 Å². The van der Waals surface area contributed by atoms with Crippen LogP contribution in [0.4, 0.5) is 10.2 Å². The van der Waals surface area contributed by atoms with Gasteiger partial charge in [0.1, 0.15) is 18.0 Å². The van der Waals surface area contributed by atoms with Crippen molar-refractivity contribution in [3.05, 3.63) is 54.2 Å². The second-order valence-corrected chi connectivity index (χ2v) is 4.39. The summed E-state index contributed by atoms with van der Waals surface area (Å²) in [7, 11) is 0. The molecule has 0 saturated carbocycles. The lowest BCUT2D eigenvalue weighted by Gasteiger charge is -2.02. The van der Waals surface area contributed by atoms with E-state index in [-0.39, 0.29) is 5.82 Å². The number of rotatable bonds is 2. The molecule has 2 N–H and O–H groups in total. The minimum Gasteiger partial charge on any atom is -0.384 e. The molecule has 2 aromatic heterocycles. The van der Waals surface area contributed by atoms with E-state index in [1.807, 2.05) is 6.92 Å². The van der Waals surface area contributed by atoms with Crippen LogP contribution in [0.15, 0.2) is 42.7 Å². The number of anilines is 1. The van der Waals surface area contributed by atoms with Crippen LogP contribution in [0.3, 0.4) is 0 Å². The lowest BCUT2D eigenvalue weighted by atomic mass is 10.1. The molecule has 3 aromatic rings. The largest absolute Gasteiger partial charge is 0.384 e. The molecule has 0 unspecified atom stereocenters. The van der Waals surface area contributed by atoms with Crippen molar-refractivity contribution < 1.29 is 4.39 Å². The average molecular weight is 269 g/mol. The minimum absolute atomic E-state index is 0.312. The van der Waals surface area contributed by atoms with Gasteiger partial charge in [-0.3, -0.25) is 0 Å². The maximum Gasteiger partial charge on any atom is 0.159 e. The predicted molar refractivity (Wildman–Crippen MR) is 73.7 cm³/mol. The highest BCUT2D eigenvalue weighted by Gasteiger charge is 2.10. The molecule has 2 heterocycles. The fourth-order valence-corrected chi connectivity index (χ4v) is 1.92. The highest BCUT2D eigenvalue weighted by atomic mass is 19.1. The van der Waals surface area contributed by atoms with Crippen molar-refractivity contribution in [2.45, 2.75) is 6.92 Å². The number of aryl methyl sites for hydroxylation is 1. The van der Waals surface area contributed by atoms with Crippen molar-refractivity contribution in [3.63, 3.8) is 0 Å². The molecule has 0 amide bonds. The van der Waals surface area contributed by atoms with Crippen molar-refractivity contribution in [3.8, 4) is 17.1 Å². The first-order chi connectivity index (χ1) is 9.63. The Labute approximate surface area is 114 Å². The number of nitrogen functional groups attached to an aromatic ring is 1. The van der Waals surface area contributed by atoms with Gasteiger partial charge in [0.25, 0.3) is 0 Å². The third-order valence-electron chi connectivity index (χ3n) is 2.86. The SMILES string of the molecule is Cc1cc(-n2nc(-c3cccc(F)c3)cc2N)ncn1. The van der Waals surface area contributed by atoms with Gasteiger partial charge in [0.05, 0.1) is 5.69 Å². The number of nitrogens with zero attached hydrogens (tertiary/aromatic N) is 4. The van der Waals surface area contributed by atoms with E-state index in [1.165, 1.54) is 23.1 Å². The topological polar surface area (TPSA) is 69.6 Å². The number of halogens is 1. The van der Waals surface area contributed by atoms with E-state index in [9.17, 15) is 4.39 Å². The van der Waals surface area contributed by atoms with Gasteiger partial charge in [0.2, 0.25) is 0 Å². The Bertz CT molecular complexity index is 766. The van der Waals surface area contributed by atoms with Gasteiger partial charge in [-0.05, 0) is 19.1 Å². The molecule has 0 bridgehead atoms. The van der Waals surface area contributed by atoms with Gasteiger partial charge in [-0.2, -0.15) is 9.78 Å². The Kier molecular flexibility index (Phi) is 2.90. The summed E-state index contributed by atoms with van der Waals surface area (Å²) in [6.45, 7) is 1.86. The van der Waals surface area contributed by atoms with Gasteiger partial charge >= 0.3 is 0 Å². The quantitative estimate of drug-likeness (QED) is 0.775. The van der Waals surface area contributed by atoms with Gasteiger partial charge in [0.15, 0.2) is 5.82 Å². The molecule has 20 heavy (non-hydrogen) atoms. The van der Waals surface area contributed by atoms with Crippen LogP contribution in [-0.4, -0.2) is 19.7 Å². The molecule has 0 atom stereocenters. The van der Waals surface area contributed by atoms with E-state index in [2.05, 4.69) is 15.1 Å². The van der Waals surface area contributed by atoms with Gasteiger partial charge in [-0.15, -0.1) is 0 Å². The summed E-state index contributed by atoms with van der Waals surface area (Å²) in [5.41, 5.74) is 8.03. The first-order valence-electron chi connectivity index (χ1n) is 6.04. The number of benzene rings is 1. The van der Waals surface area contributed by atoms with Crippen LogP contribution in [-0.2, 0) is 0 Å². The fourth-order valence-electron chi connectivity index (χ4n) is 1.92. The monoisotopic (exact) mass is 269 g/mol. The molecule has 0 aliphatic carbocycles. The van der Waals surface area contributed by atoms with Crippen LogP contribution in [0.25, 0.3) is 17.1 Å². The average Bonchev–Trinajstić information content (AvgIpc) is 2.81. The molecule has 0 aliphatic rings. The molecule has 0 radical (unpaired) electrons. The highest BCUT2D eigenvalue weighted by molar-refractivity contribution is 5.63. The second kappa shape index (κ2) is 4.73. The third-order valence-corrected chi connectivity index (χ3v) is 2.86. The Hall–Kier alpha value is -2.76. The molecule has 6 heteroatoms. The Morgan fingerprint density at radius 2 is 2.00 bits per heavy atom. The summed E-state index contributed by atoms with van der Waals surface area (Å²) in [5.74, 6) is 0.702. The summed E-state index contributed by atoms with van der Waals surface area (Å²) < 4.78 is 14.8. The maximum absolute atomic E-state index is 13.2. The van der Waals surface area contributed by atoms with Crippen molar-refractivity contribution >= 4 is 5.82 Å². The molecule has 3 rings (SSSR count). The smallest absolute Gasteiger partial charge is 0.159 e. The molecule has 0 saturated heterocycles. The van der Waals surface area contributed by atoms with Gasteiger partial charge in [-0.1, -0.05) is 12.1 Å². The van der Waals surface area contributed by atoms with E-state index < -0.39 is 0 Å². The zero-order chi connectivity index (χ0) is 14.1. The lowest BCUT2D eigenvalue weighted by molar-refractivity contribution is 0.628. The standard InChI is InChI=1S/C14H12FN5/c1-9-5-14(18-8-17-9)20-13(16)7-12(19-20)10-3-2-4-11(15)6-10/h2-8H,16H2,1H3. The van der Waals surface area contributed by atoms with Crippen LogP contribution in [0.5, 0.6) is 0 Å². The Morgan fingerprint density at radius 1 is 1.15 bits per heavy atom. The highest BCUT2D eigenvalue weighted by Crippen LogP contribution is 2.22. The zero-order valence-electron chi connectivity index (χ0n) is 10.8. The molecule has 5 nitrogen and oxygen atoms in total. The number of aromatic nitrogens is 4. The molecule has 0 aliphatic heterocycles. The van der Waals surface area contributed by atoms with Gasteiger partial charge in [0, 0.05) is 23.4 Å². The van der Waals surface area contributed by atoms with E-state index in [0.29, 0.717) is 22.9 Å². The first-order valence-corrected chi connectivity index (χ1v) is 6.04. The van der Waals surface area contributed by atoms with Crippen molar-refractivity contribution in [1.82, 2.24) is 19.7 Å². The molecular formula is C14H12FN5. The molecule has 1 aromatic carbocycles. The van der Waals surface area contributed by atoms with E-state index in [0.717, 1.165) is 5.69 Å². The number of hydrogen-bond donors (Lipinski definition) is 1. The van der Waals surface area contributed by atoms with Gasteiger partial charge in [-0.25, -0.2) is 14.4 Å². The molecule has 0 spiro atoms. The second-order valence-electron chi connectivity index (χ2n) is 4.39. The van der Waals surface area contributed by atoms with Crippen LogP contribution in [0.2, 0.25) is 0 Å².